The monoisotopic (exact) mass is 952 g/mol. The maximum absolute atomic E-state index is 9.11. The molecule has 0 saturated heterocycles. The van der Waals surface area contributed by atoms with Gasteiger partial charge in [-0.3, -0.25) is 0 Å². The van der Waals surface area contributed by atoms with Crippen molar-refractivity contribution in [2.45, 2.75) is 267 Å². The fourth-order valence-electron chi connectivity index (χ4n) is 8.97. The van der Waals surface area contributed by atoms with E-state index in [1.54, 1.807) is 0 Å². The summed E-state index contributed by atoms with van der Waals surface area (Å²) in [6.07, 6.45) is 45.7. The Morgan fingerprint density at radius 2 is 0.623 bits per heavy atom. The van der Waals surface area contributed by atoms with Gasteiger partial charge in [-0.05, 0) is 91.2 Å². The van der Waals surface area contributed by atoms with Crippen LogP contribution in [-0.2, 0) is 19.3 Å². The predicted molar refractivity (Wildman–Crippen MR) is 302 cm³/mol. The molecule has 0 fully saturated rings. The van der Waals surface area contributed by atoms with Crippen LogP contribution in [0.25, 0.3) is 0 Å². The summed E-state index contributed by atoms with van der Waals surface area (Å²) in [5, 5.41) is 36.8. The molecule has 0 atom stereocenters. The molecule has 3 rings (SSSR count). The summed E-state index contributed by atoms with van der Waals surface area (Å²) in [5.41, 5.74) is 9.41. The molecule has 3 N–H and O–H groups in total. The van der Waals surface area contributed by atoms with E-state index in [-0.39, 0.29) is 5.92 Å². The van der Waals surface area contributed by atoms with Crippen LogP contribution in [0, 0.1) is 5.92 Å². The van der Waals surface area contributed by atoms with Crippen molar-refractivity contribution in [3.05, 3.63) is 106 Å². The molecular weight excluding hydrogens is 847 g/mol. The van der Waals surface area contributed by atoms with Crippen LogP contribution in [0.3, 0.4) is 0 Å². The van der Waals surface area contributed by atoms with Crippen molar-refractivity contribution in [2.24, 2.45) is 21.4 Å². The molecule has 6 nitrogen and oxygen atoms in total. The van der Waals surface area contributed by atoms with Crippen molar-refractivity contribution < 1.29 is 15.6 Å². The summed E-state index contributed by atoms with van der Waals surface area (Å²) in [6.45, 7) is 14.7. The highest BCUT2D eigenvalue weighted by molar-refractivity contribution is 6.01. The Hall–Kier alpha value is -3.93. The highest BCUT2D eigenvalue weighted by atomic mass is 16.4. The third-order valence-corrected chi connectivity index (χ3v) is 13.6. The smallest absolute Gasteiger partial charge is 0.0893 e. The number of oxime groups is 3. The van der Waals surface area contributed by atoms with Crippen LogP contribution in [0.1, 0.15) is 281 Å². The van der Waals surface area contributed by atoms with Crippen molar-refractivity contribution in [3.8, 4) is 0 Å². The van der Waals surface area contributed by atoms with Gasteiger partial charge in [0.1, 0.15) is 0 Å². The Morgan fingerprint density at radius 1 is 0.348 bits per heavy atom. The lowest BCUT2D eigenvalue weighted by Crippen LogP contribution is -2.09. The van der Waals surface area contributed by atoms with E-state index in [9.17, 15) is 0 Å². The zero-order valence-electron chi connectivity index (χ0n) is 45.7. The molecule has 0 spiro atoms. The van der Waals surface area contributed by atoms with Crippen molar-refractivity contribution in [1.82, 2.24) is 0 Å². The van der Waals surface area contributed by atoms with Gasteiger partial charge in [0.2, 0.25) is 0 Å². The van der Waals surface area contributed by atoms with E-state index < -0.39 is 0 Å². The van der Waals surface area contributed by atoms with Gasteiger partial charge >= 0.3 is 0 Å². The molecule has 3 aromatic rings. The maximum atomic E-state index is 9.11. The minimum atomic E-state index is 0.239. The molecule has 0 saturated carbocycles. The van der Waals surface area contributed by atoms with Crippen LogP contribution < -0.4 is 0 Å². The van der Waals surface area contributed by atoms with E-state index in [2.05, 4.69) is 96.9 Å². The molecule has 69 heavy (non-hydrogen) atoms. The molecule has 0 amide bonds. The zero-order valence-corrected chi connectivity index (χ0v) is 45.7. The second-order valence-electron chi connectivity index (χ2n) is 20.1. The number of hydrogen-bond acceptors (Lipinski definition) is 6. The van der Waals surface area contributed by atoms with Gasteiger partial charge in [-0.15, -0.1) is 0 Å². The second-order valence-corrected chi connectivity index (χ2v) is 20.1. The summed E-state index contributed by atoms with van der Waals surface area (Å²) in [5.74, 6) is 0.239. The topological polar surface area (TPSA) is 97.8 Å². The third-order valence-electron chi connectivity index (χ3n) is 13.6. The Balaban J connectivity index is 0.000000518. The summed E-state index contributed by atoms with van der Waals surface area (Å²) < 4.78 is 0. The summed E-state index contributed by atoms with van der Waals surface area (Å²) >= 11 is 0. The molecule has 0 aliphatic carbocycles. The maximum Gasteiger partial charge on any atom is 0.0893 e. The first-order valence-corrected chi connectivity index (χ1v) is 28.7. The normalized spacial score (nSPS) is 11.9. The number of nitrogens with zero attached hydrogens (tertiary/aromatic N) is 3. The van der Waals surface area contributed by atoms with Gasteiger partial charge in [-0.1, -0.05) is 303 Å². The van der Waals surface area contributed by atoms with E-state index in [0.29, 0.717) is 5.71 Å². The van der Waals surface area contributed by atoms with E-state index in [4.69, 9.17) is 15.6 Å². The molecular formula is C63H105N3O3. The van der Waals surface area contributed by atoms with Crippen molar-refractivity contribution in [3.63, 3.8) is 0 Å². The van der Waals surface area contributed by atoms with E-state index in [1.165, 1.54) is 209 Å². The summed E-state index contributed by atoms with van der Waals surface area (Å²) in [6, 6.07) is 25.4. The first-order valence-electron chi connectivity index (χ1n) is 28.7. The number of aryl methyl sites for hydroxylation is 3. The minimum absolute atomic E-state index is 0.239. The lowest BCUT2D eigenvalue weighted by Gasteiger charge is -2.09. The van der Waals surface area contributed by atoms with Crippen LogP contribution in [0.2, 0.25) is 0 Å². The van der Waals surface area contributed by atoms with Crippen LogP contribution >= 0.6 is 0 Å². The van der Waals surface area contributed by atoms with Gasteiger partial charge in [0, 0.05) is 0 Å². The molecule has 0 aliphatic rings. The predicted octanol–water partition coefficient (Wildman–Crippen LogP) is 20.1. The van der Waals surface area contributed by atoms with E-state index >= 15 is 0 Å². The molecule has 0 unspecified atom stereocenters. The Morgan fingerprint density at radius 3 is 0.870 bits per heavy atom. The average molecular weight is 953 g/mol. The average Bonchev–Trinajstić information content (AvgIpc) is 3.37. The largest absolute Gasteiger partial charge is 0.411 e. The lowest BCUT2D eigenvalue weighted by atomic mass is 9.97. The quantitative estimate of drug-likeness (QED) is 0.0231. The molecule has 0 aromatic heterocycles. The second kappa shape index (κ2) is 45.2. The van der Waals surface area contributed by atoms with Gasteiger partial charge in [-0.2, -0.15) is 0 Å². The highest BCUT2D eigenvalue weighted by Crippen LogP contribution is 2.18. The third kappa shape index (κ3) is 33.3. The summed E-state index contributed by atoms with van der Waals surface area (Å²) in [4.78, 5) is 0. The Labute approximate surface area is 425 Å². The molecule has 390 valence electrons. The van der Waals surface area contributed by atoms with Gasteiger partial charge in [0.15, 0.2) is 0 Å². The van der Waals surface area contributed by atoms with E-state index in [1.807, 2.05) is 39.8 Å². The molecule has 0 bridgehead atoms. The van der Waals surface area contributed by atoms with Gasteiger partial charge in [0.25, 0.3) is 0 Å². The number of unbranched alkanes of at least 4 members (excludes halogenated alkanes) is 27. The zero-order chi connectivity index (χ0) is 50.4. The first kappa shape index (κ1) is 63.1. The SMILES string of the molecule is CCCCCCCCCCCCc1ccc(C(=NO)C(C)C)cc1.CCCCCCCCCCCCc1ccc(C(C)=NO)cc1.CCCCCCCCCCCCc1ccc(C(CC)=NO)cc1. The first-order chi connectivity index (χ1) is 33.8. The van der Waals surface area contributed by atoms with Crippen LogP contribution in [-0.4, -0.2) is 32.8 Å². The molecule has 0 aliphatic heterocycles. The Kier molecular flexibility index (Phi) is 41.3. The van der Waals surface area contributed by atoms with Gasteiger partial charge in [0.05, 0.1) is 17.1 Å². The standard InChI is InChI=1S/C22H37NO.C21H35NO.C20H33NO/c1-4-5-6-7-8-9-10-11-12-13-14-20-15-17-21(18-16-20)22(23-24)19(2)3;1-3-5-6-7-8-9-10-11-12-13-14-19-15-17-20(18-16-19)21(4-2)22-23;1-3-4-5-6-7-8-9-10-11-12-13-19-14-16-20(17-15-19)18(2)21-22/h15-19,24H,4-14H2,1-3H3;15-18,23H,3-14H2,1-2H3;14-17,22H,3-13H2,1-2H3. The van der Waals surface area contributed by atoms with Gasteiger partial charge < -0.3 is 15.6 Å². The lowest BCUT2D eigenvalue weighted by molar-refractivity contribution is 0.316. The molecule has 3 aromatic carbocycles. The van der Waals surface area contributed by atoms with Crippen molar-refractivity contribution in [2.75, 3.05) is 0 Å². The van der Waals surface area contributed by atoms with Gasteiger partial charge in [-0.25, -0.2) is 0 Å². The fourth-order valence-corrected chi connectivity index (χ4v) is 8.97. The van der Waals surface area contributed by atoms with Crippen LogP contribution in [0.15, 0.2) is 88.3 Å². The van der Waals surface area contributed by atoms with Crippen LogP contribution in [0.5, 0.6) is 0 Å². The fraction of sp³-hybridized carbons (Fsp3) is 0.667. The number of hydrogen-bond donors (Lipinski definition) is 3. The van der Waals surface area contributed by atoms with Crippen LogP contribution in [0.4, 0.5) is 0 Å². The number of rotatable bonds is 38. The molecule has 0 radical (unpaired) electrons. The van der Waals surface area contributed by atoms with E-state index in [0.717, 1.165) is 53.8 Å². The Bertz CT molecular complexity index is 1680. The summed E-state index contributed by atoms with van der Waals surface area (Å²) in [7, 11) is 0. The molecule has 0 heterocycles. The van der Waals surface area contributed by atoms with Crippen molar-refractivity contribution >= 4 is 17.1 Å². The minimum Gasteiger partial charge on any atom is -0.411 e. The molecule has 6 heteroatoms. The van der Waals surface area contributed by atoms with Crippen molar-refractivity contribution in [1.29, 1.82) is 0 Å². The number of benzene rings is 3. The highest BCUT2D eigenvalue weighted by Gasteiger charge is 2.09.